The lowest BCUT2D eigenvalue weighted by Crippen LogP contribution is -2.29. The van der Waals surface area contributed by atoms with Gasteiger partial charge in [0.25, 0.3) is 0 Å². The van der Waals surface area contributed by atoms with Crippen LogP contribution in [0.2, 0.25) is 0 Å². The summed E-state index contributed by atoms with van der Waals surface area (Å²) in [5.74, 6) is 0.521. The molecule has 7 heteroatoms. The van der Waals surface area contributed by atoms with Gasteiger partial charge in [0.2, 0.25) is 5.91 Å². The fraction of sp³-hybridized carbons (Fsp3) is 0.286. The maximum atomic E-state index is 12.7. The van der Waals surface area contributed by atoms with Crippen molar-refractivity contribution in [3.05, 3.63) is 59.7 Å². The Morgan fingerprint density at radius 2 is 1.86 bits per heavy atom. The fourth-order valence-corrected chi connectivity index (χ4v) is 2.45. The number of rotatable bonds is 9. The third-order valence-corrected chi connectivity index (χ3v) is 4.00. The Labute approximate surface area is 163 Å². The van der Waals surface area contributed by atoms with Gasteiger partial charge in [-0.25, -0.2) is 0 Å². The summed E-state index contributed by atoms with van der Waals surface area (Å²) in [6.07, 6.45) is 2.71. The van der Waals surface area contributed by atoms with Gasteiger partial charge in [-0.05, 0) is 30.7 Å². The summed E-state index contributed by atoms with van der Waals surface area (Å²) in [5, 5.41) is 0. The van der Waals surface area contributed by atoms with Gasteiger partial charge in [-0.3, -0.25) is 4.79 Å². The molecule has 0 aliphatic rings. The monoisotopic (exact) mass is 391 g/mol. The Balaban J connectivity index is 1.98. The van der Waals surface area contributed by atoms with Gasteiger partial charge in [-0.2, -0.15) is 8.78 Å². The Bertz CT molecular complexity index is 824. The fourth-order valence-electron chi connectivity index (χ4n) is 2.45. The molecule has 0 unspecified atom stereocenters. The van der Waals surface area contributed by atoms with Crippen molar-refractivity contribution in [2.45, 2.75) is 13.5 Å². The first-order valence-electron chi connectivity index (χ1n) is 8.65. The largest absolute Gasteiger partial charge is 0.493 e. The third kappa shape index (κ3) is 5.97. The molecular weight excluding hydrogens is 368 g/mol. The lowest BCUT2D eigenvalue weighted by Gasteiger charge is -2.16. The number of carbonyl (C=O) groups excluding carboxylic acids is 1. The number of hydrogen-bond acceptors (Lipinski definition) is 4. The molecule has 2 rings (SSSR count). The number of halogens is 2. The zero-order valence-electron chi connectivity index (χ0n) is 16.0. The molecule has 0 bridgehead atoms. The van der Waals surface area contributed by atoms with Crippen LogP contribution in [0.4, 0.5) is 8.78 Å². The van der Waals surface area contributed by atoms with Gasteiger partial charge in [-0.1, -0.05) is 30.3 Å². The quantitative estimate of drug-likeness (QED) is 0.603. The van der Waals surface area contributed by atoms with E-state index in [0.29, 0.717) is 18.7 Å². The number of alkyl halides is 2. The Kier molecular flexibility index (Phi) is 7.80. The predicted octanol–water partition coefficient (Wildman–Crippen LogP) is 4.16. The third-order valence-electron chi connectivity index (χ3n) is 4.00. The van der Waals surface area contributed by atoms with Crippen LogP contribution in [0.15, 0.2) is 48.5 Å². The number of para-hydroxylation sites is 2. The molecule has 5 nitrogen and oxygen atoms in total. The van der Waals surface area contributed by atoms with Gasteiger partial charge < -0.3 is 19.1 Å². The van der Waals surface area contributed by atoms with E-state index in [2.05, 4.69) is 4.74 Å². The van der Waals surface area contributed by atoms with E-state index in [4.69, 9.17) is 9.47 Å². The minimum atomic E-state index is -3.00. The van der Waals surface area contributed by atoms with Crippen LogP contribution >= 0.6 is 0 Å². The molecule has 0 N–H and O–H groups in total. The molecule has 0 aliphatic heterocycles. The van der Waals surface area contributed by atoms with Crippen LogP contribution in [0.3, 0.4) is 0 Å². The summed E-state index contributed by atoms with van der Waals surface area (Å²) in [7, 11) is 2.99. The van der Waals surface area contributed by atoms with Crippen molar-refractivity contribution in [1.82, 2.24) is 4.90 Å². The van der Waals surface area contributed by atoms with E-state index in [1.807, 2.05) is 31.2 Å². The van der Waals surface area contributed by atoms with E-state index in [0.717, 1.165) is 11.3 Å². The van der Waals surface area contributed by atoms with Crippen molar-refractivity contribution >= 4 is 12.0 Å². The Hall–Kier alpha value is -3.09. The number of benzene rings is 2. The first kappa shape index (κ1) is 21.2. The summed E-state index contributed by atoms with van der Waals surface area (Å²) in [5.41, 5.74) is 1.33. The Morgan fingerprint density at radius 1 is 1.14 bits per heavy atom. The second-order valence-corrected chi connectivity index (χ2v) is 5.96. The molecule has 0 aliphatic carbocycles. The average Bonchev–Trinajstić information content (AvgIpc) is 2.67. The normalized spacial score (nSPS) is 10.9. The van der Waals surface area contributed by atoms with Gasteiger partial charge in [-0.15, -0.1) is 0 Å². The van der Waals surface area contributed by atoms with Gasteiger partial charge in [0, 0.05) is 18.7 Å². The number of hydrogen-bond donors (Lipinski definition) is 0. The van der Waals surface area contributed by atoms with Crippen LogP contribution in [-0.2, 0) is 4.79 Å². The van der Waals surface area contributed by atoms with Crippen molar-refractivity contribution < 1.29 is 27.8 Å². The highest BCUT2D eigenvalue weighted by Gasteiger charge is 2.14. The molecule has 28 heavy (non-hydrogen) atoms. The van der Waals surface area contributed by atoms with E-state index in [1.54, 1.807) is 19.2 Å². The van der Waals surface area contributed by atoms with E-state index < -0.39 is 6.61 Å². The molecule has 0 aromatic heterocycles. The summed E-state index contributed by atoms with van der Waals surface area (Å²) < 4.78 is 40.6. The van der Waals surface area contributed by atoms with Crippen molar-refractivity contribution in [2.75, 3.05) is 27.3 Å². The van der Waals surface area contributed by atoms with E-state index in [9.17, 15) is 13.6 Å². The highest BCUT2D eigenvalue weighted by Crippen LogP contribution is 2.33. The maximum Gasteiger partial charge on any atom is 0.387 e. The van der Waals surface area contributed by atoms with Crippen LogP contribution in [0.5, 0.6) is 17.2 Å². The van der Waals surface area contributed by atoms with Crippen molar-refractivity contribution in [3.63, 3.8) is 0 Å². The van der Waals surface area contributed by atoms with Gasteiger partial charge >= 0.3 is 6.61 Å². The van der Waals surface area contributed by atoms with Crippen LogP contribution in [0.1, 0.15) is 11.1 Å². The van der Waals surface area contributed by atoms with Crippen LogP contribution in [-0.4, -0.2) is 44.7 Å². The minimum absolute atomic E-state index is 0.116. The molecule has 0 atom stereocenters. The number of ether oxygens (including phenoxy) is 3. The van der Waals surface area contributed by atoms with Crippen LogP contribution in [0, 0.1) is 6.92 Å². The lowest BCUT2D eigenvalue weighted by atomic mass is 10.1. The maximum absolute atomic E-state index is 12.7. The number of amides is 1. The summed E-state index contributed by atoms with van der Waals surface area (Å²) in [6.45, 7) is -0.351. The number of nitrogens with zero attached hydrogens (tertiary/aromatic N) is 1. The molecule has 2 aromatic rings. The molecule has 150 valence electrons. The topological polar surface area (TPSA) is 48.0 Å². The lowest BCUT2D eigenvalue weighted by molar-refractivity contribution is -0.125. The zero-order valence-corrected chi connectivity index (χ0v) is 16.0. The number of aryl methyl sites for hydroxylation is 1. The van der Waals surface area contributed by atoms with E-state index in [1.165, 1.54) is 30.2 Å². The van der Waals surface area contributed by atoms with E-state index in [-0.39, 0.29) is 17.4 Å². The van der Waals surface area contributed by atoms with Crippen LogP contribution < -0.4 is 14.2 Å². The summed E-state index contributed by atoms with van der Waals surface area (Å²) >= 11 is 0. The number of likely N-dealkylation sites (N-methyl/N-ethyl adjacent to an activating group) is 1. The van der Waals surface area contributed by atoms with Gasteiger partial charge in [0.15, 0.2) is 11.5 Å². The standard InChI is InChI=1S/C21H23F2NO4/c1-15-7-4-5-9-17(15)27-14-13-24(2)19(25)12-11-16-8-6-10-18(26-3)20(16)28-21(22)23/h4-12,21H,13-14H2,1-3H3/b12-11+. The van der Waals surface area contributed by atoms with Crippen LogP contribution in [0.25, 0.3) is 6.08 Å². The smallest absolute Gasteiger partial charge is 0.387 e. The minimum Gasteiger partial charge on any atom is -0.493 e. The van der Waals surface area contributed by atoms with Crippen molar-refractivity contribution in [3.8, 4) is 17.2 Å². The van der Waals surface area contributed by atoms with Gasteiger partial charge in [0.1, 0.15) is 12.4 Å². The molecule has 0 radical (unpaired) electrons. The zero-order chi connectivity index (χ0) is 20.5. The molecule has 2 aromatic carbocycles. The highest BCUT2D eigenvalue weighted by molar-refractivity contribution is 5.92. The van der Waals surface area contributed by atoms with E-state index >= 15 is 0 Å². The predicted molar refractivity (Wildman–Crippen MR) is 103 cm³/mol. The molecular formula is C21H23F2NO4. The second kappa shape index (κ2) is 10.3. The summed E-state index contributed by atoms with van der Waals surface area (Å²) in [4.78, 5) is 13.8. The van der Waals surface area contributed by atoms with Crippen molar-refractivity contribution in [2.24, 2.45) is 0 Å². The molecule has 0 saturated carbocycles. The average molecular weight is 391 g/mol. The molecule has 1 amide bonds. The van der Waals surface area contributed by atoms with Gasteiger partial charge in [0.05, 0.1) is 13.7 Å². The number of carbonyl (C=O) groups is 1. The van der Waals surface area contributed by atoms with Crippen molar-refractivity contribution in [1.29, 1.82) is 0 Å². The second-order valence-electron chi connectivity index (χ2n) is 5.96. The number of methoxy groups -OCH3 is 1. The SMILES string of the molecule is COc1cccc(/C=C/C(=O)N(C)CCOc2ccccc2C)c1OC(F)F. The molecule has 0 saturated heterocycles. The Morgan fingerprint density at radius 3 is 2.54 bits per heavy atom. The molecule has 0 fully saturated rings. The first-order valence-corrected chi connectivity index (χ1v) is 8.65. The highest BCUT2D eigenvalue weighted by atomic mass is 19.3. The molecule has 0 spiro atoms. The summed E-state index contributed by atoms with van der Waals surface area (Å²) in [6, 6.07) is 12.3. The first-order chi connectivity index (χ1) is 13.4. The molecule has 0 heterocycles.